The highest BCUT2D eigenvalue weighted by Crippen LogP contribution is 2.25. The minimum absolute atomic E-state index is 0.0162. The average Bonchev–Trinajstić information content (AvgIpc) is 3.58. The van der Waals surface area contributed by atoms with Crippen molar-refractivity contribution in [2.45, 2.75) is 6.04 Å². The van der Waals surface area contributed by atoms with Crippen LogP contribution in [0.3, 0.4) is 0 Å². The van der Waals surface area contributed by atoms with Gasteiger partial charge in [-0.25, -0.2) is 9.97 Å². The first kappa shape index (κ1) is 22.7. The molecule has 2 amide bonds. The summed E-state index contributed by atoms with van der Waals surface area (Å²) in [6.45, 7) is 4.47. The number of fused-ring (bicyclic) bond motifs is 1. The van der Waals surface area contributed by atoms with Gasteiger partial charge < -0.3 is 19.1 Å². The molecule has 2 saturated heterocycles. The van der Waals surface area contributed by atoms with Crippen LogP contribution in [0.4, 0.5) is 0 Å². The Morgan fingerprint density at radius 1 is 0.972 bits per heavy atom. The Labute approximate surface area is 212 Å². The maximum Gasteiger partial charge on any atom is 0.282 e. The summed E-state index contributed by atoms with van der Waals surface area (Å²) in [4.78, 5) is 40.2. The fourth-order valence-electron chi connectivity index (χ4n) is 4.93. The van der Waals surface area contributed by atoms with Gasteiger partial charge in [0.15, 0.2) is 5.01 Å². The SMILES string of the molecule is COc1ccc(-n2ccc3cc(C(=O)N4CC(N5CCN(C(=O)c6nccs6)CC5)C4)ccc32)cn1. The van der Waals surface area contributed by atoms with E-state index in [4.69, 9.17) is 4.74 Å². The number of benzene rings is 1. The van der Waals surface area contributed by atoms with Gasteiger partial charge in [-0.15, -0.1) is 11.3 Å². The molecule has 0 unspecified atom stereocenters. The Kier molecular flexibility index (Phi) is 5.90. The monoisotopic (exact) mass is 502 g/mol. The van der Waals surface area contributed by atoms with Crippen LogP contribution < -0.4 is 4.74 Å². The van der Waals surface area contributed by atoms with Crippen LogP contribution in [-0.4, -0.2) is 93.5 Å². The minimum atomic E-state index is 0.0162. The second kappa shape index (κ2) is 9.36. The molecule has 2 fully saturated rings. The quantitative estimate of drug-likeness (QED) is 0.417. The molecule has 36 heavy (non-hydrogen) atoms. The summed E-state index contributed by atoms with van der Waals surface area (Å²) >= 11 is 1.38. The highest BCUT2D eigenvalue weighted by Gasteiger charge is 2.37. The molecule has 0 spiro atoms. The largest absolute Gasteiger partial charge is 0.481 e. The molecule has 3 aromatic heterocycles. The minimum Gasteiger partial charge on any atom is -0.481 e. The summed E-state index contributed by atoms with van der Waals surface area (Å²) in [5.41, 5.74) is 2.65. The number of amides is 2. The van der Waals surface area contributed by atoms with E-state index in [1.807, 2.05) is 57.8 Å². The van der Waals surface area contributed by atoms with E-state index in [0.29, 0.717) is 35.6 Å². The summed E-state index contributed by atoms with van der Waals surface area (Å²) in [6.07, 6.45) is 5.42. The van der Waals surface area contributed by atoms with Crippen molar-refractivity contribution in [3.05, 3.63) is 70.9 Å². The number of carbonyl (C=O) groups excluding carboxylic acids is 2. The van der Waals surface area contributed by atoms with E-state index in [0.717, 1.165) is 42.8 Å². The molecule has 6 rings (SSSR count). The lowest BCUT2D eigenvalue weighted by Crippen LogP contribution is -2.64. The number of aromatic nitrogens is 3. The summed E-state index contributed by atoms with van der Waals surface area (Å²) in [5.74, 6) is 0.647. The third-order valence-electron chi connectivity index (χ3n) is 7.03. The number of hydrogen-bond acceptors (Lipinski definition) is 7. The summed E-state index contributed by atoms with van der Waals surface area (Å²) in [7, 11) is 1.60. The van der Waals surface area contributed by atoms with Gasteiger partial charge in [0.2, 0.25) is 5.88 Å². The van der Waals surface area contributed by atoms with Gasteiger partial charge >= 0.3 is 0 Å². The number of ether oxygens (including phenoxy) is 1. The number of thiazole rings is 1. The maximum absolute atomic E-state index is 13.1. The number of methoxy groups -OCH3 is 1. The summed E-state index contributed by atoms with van der Waals surface area (Å²) in [6, 6.07) is 12.0. The third kappa shape index (κ3) is 4.12. The van der Waals surface area contributed by atoms with Gasteiger partial charge in [-0.2, -0.15) is 0 Å². The number of pyridine rings is 1. The van der Waals surface area contributed by atoms with Crippen LogP contribution in [0.5, 0.6) is 5.88 Å². The molecular weight excluding hydrogens is 476 g/mol. The summed E-state index contributed by atoms with van der Waals surface area (Å²) in [5, 5.41) is 3.39. The fraction of sp³-hybridized carbons (Fsp3) is 0.308. The van der Waals surface area contributed by atoms with Crippen LogP contribution >= 0.6 is 11.3 Å². The van der Waals surface area contributed by atoms with E-state index in [2.05, 4.69) is 19.4 Å². The zero-order valence-corrected chi connectivity index (χ0v) is 20.7. The molecule has 1 aromatic carbocycles. The molecular formula is C26H26N6O3S. The second-order valence-corrected chi connectivity index (χ2v) is 9.94. The molecule has 0 bridgehead atoms. The molecule has 4 aromatic rings. The Morgan fingerprint density at radius 3 is 2.50 bits per heavy atom. The Balaban J connectivity index is 1.06. The van der Waals surface area contributed by atoms with Gasteiger partial charge in [0.25, 0.3) is 11.8 Å². The van der Waals surface area contributed by atoms with Crippen molar-refractivity contribution in [2.24, 2.45) is 0 Å². The van der Waals surface area contributed by atoms with Crippen molar-refractivity contribution in [3.8, 4) is 11.6 Å². The Morgan fingerprint density at radius 2 is 1.81 bits per heavy atom. The number of nitrogens with zero attached hydrogens (tertiary/aromatic N) is 6. The number of carbonyl (C=O) groups is 2. The molecule has 2 aliphatic heterocycles. The van der Waals surface area contributed by atoms with Gasteiger partial charge in [-0.05, 0) is 30.3 Å². The first-order valence-corrected chi connectivity index (χ1v) is 12.8. The lowest BCUT2D eigenvalue weighted by molar-refractivity contribution is 0.00854. The molecule has 0 aliphatic carbocycles. The molecule has 184 valence electrons. The number of rotatable bonds is 5. The van der Waals surface area contributed by atoms with Crippen LogP contribution in [0.25, 0.3) is 16.6 Å². The van der Waals surface area contributed by atoms with E-state index in [1.165, 1.54) is 11.3 Å². The van der Waals surface area contributed by atoms with Crippen molar-refractivity contribution in [2.75, 3.05) is 46.4 Å². The van der Waals surface area contributed by atoms with Crippen molar-refractivity contribution in [3.63, 3.8) is 0 Å². The van der Waals surface area contributed by atoms with Crippen molar-refractivity contribution in [1.82, 2.24) is 29.2 Å². The van der Waals surface area contributed by atoms with Gasteiger partial charge in [0.1, 0.15) is 0 Å². The van der Waals surface area contributed by atoms with Crippen molar-refractivity contribution in [1.29, 1.82) is 0 Å². The Hall–Kier alpha value is -3.76. The van der Waals surface area contributed by atoms with E-state index in [-0.39, 0.29) is 11.8 Å². The highest BCUT2D eigenvalue weighted by molar-refractivity contribution is 7.11. The van der Waals surface area contributed by atoms with Crippen LogP contribution in [-0.2, 0) is 0 Å². The van der Waals surface area contributed by atoms with Crippen LogP contribution in [0.15, 0.2) is 60.4 Å². The first-order valence-electron chi connectivity index (χ1n) is 11.9. The standard InChI is InChI=1S/C26H26N6O3S/c1-35-23-5-3-20(15-28-23)32-8-6-18-14-19(2-4-22(18)32)25(33)31-16-21(17-31)29-9-11-30(12-10-29)26(34)24-27-7-13-36-24/h2-8,13-15,21H,9-12,16-17H2,1H3. The molecule has 0 radical (unpaired) electrons. The number of hydrogen-bond donors (Lipinski definition) is 0. The normalized spacial score (nSPS) is 16.8. The molecule has 0 saturated carbocycles. The van der Waals surface area contributed by atoms with Crippen LogP contribution in [0, 0.1) is 0 Å². The lowest BCUT2D eigenvalue weighted by Gasteiger charge is -2.48. The molecule has 10 heteroatoms. The highest BCUT2D eigenvalue weighted by atomic mass is 32.1. The molecule has 0 atom stereocenters. The van der Waals surface area contributed by atoms with Crippen molar-refractivity contribution < 1.29 is 14.3 Å². The van der Waals surface area contributed by atoms with Gasteiger partial charge in [0, 0.05) is 80.1 Å². The van der Waals surface area contributed by atoms with E-state index in [9.17, 15) is 9.59 Å². The first-order chi connectivity index (χ1) is 17.6. The summed E-state index contributed by atoms with van der Waals surface area (Å²) < 4.78 is 7.20. The maximum atomic E-state index is 13.1. The van der Waals surface area contributed by atoms with Crippen molar-refractivity contribution >= 4 is 34.1 Å². The van der Waals surface area contributed by atoms with E-state index in [1.54, 1.807) is 19.5 Å². The zero-order chi connectivity index (χ0) is 24.6. The number of piperazine rings is 1. The molecule has 9 nitrogen and oxygen atoms in total. The van der Waals surface area contributed by atoms with Crippen LogP contribution in [0.2, 0.25) is 0 Å². The van der Waals surface area contributed by atoms with Crippen LogP contribution in [0.1, 0.15) is 20.2 Å². The zero-order valence-electron chi connectivity index (χ0n) is 19.9. The van der Waals surface area contributed by atoms with Gasteiger partial charge in [-0.1, -0.05) is 0 Å². The predicted octanol–water partition coefficient (Wildman–Crippen LogP) is 2.77. The molecule has 2 aliphatic rings. The van der Waals surface area contributed by atoms with E-state index >= 15 is 0 Å². The number of likely N-dealkylation sites (tertiary alicyclic amines) is 1. The predicted molar refractivity (Wildman–Crippen MR) is 137 cm³/mol. The fourth-order valence-corrected chi connectivity index (χ4v) is 5.53. The lowest BCUT2D eigenvalue weighted by atomic mass is 10.0. The smallest absolute Gasteiger partial charge is 0.282 e. The molecule has 0 N–H and O–H groups in total. The topological polar surface area (TPSA) is 83.8 Å². The van der Waals surface area contributed by atoms with Gasteiger partial charge in [-0.3, -0.25) is 14.5 Å². The average molecular weight is 503 g/mol. The van der Waals surface area contributed by atoms with E-state index < -0.39 is 0 Å². The Bertz CT molecular complexity index is 1390. The van der Waals surface area contributed by atoms with Gasteiger partial charge in [0.05, 0.1) is 24.5 Å². The molecule has 5 heterocycles. The third-order valence-corrected chi connectivity index (χ3v) is 7.79. The second-order valence-electron chi connectivity index (χ2n) is 9.05.